The van der Waals surface area contributed by atoms with Crippen molar-refractivity contribution in [2.75, 3.05) is 6.61 Å². The van der Waals surface area contributed by atoms with E-state index in [-0.39, 0.29) is 11.9 Å². The summed E-state index contributed by atoms with van der Waals surface area (Å²) in [6, 6.07) is 15.0. The number of carbonyl (C=O) groups excluding carboxylic acids is 1. The zero-order chi connectivity index (χ0) is 16.7. The summed E-state index contributed by atoms with van der Waals surface area (Å²) in [4.78, 5) is 11.9. The fourth-order valence-electron chi connectivity index (χ4n) is 2.01. The maximum Gasteiger partial charge on any atom is 0.244 e. The molecule has 0 saturated carbocycles. The van der Waals surface area contributed by atoms with Gasteiger partial charge in [0.1, 0.15) is 12.4 Å². The van der Waals surface area contributed by atoms with E-state index in [1.165, 1.54) is 6.08 Å². The van der Waals surface area contributed by atoms with Gasteiger partial charge < -0.3 is 10.1 Å². The lowest BCUT2D eigenvalue weighted by atomic mass is 10.2. The summed E-state index contributed by atoms with van der Waals surface area (Å²) in [6.07, 6.45) is 3.26. The number of benzene rings is 2. The minimum atomic E-state index is -0.152. The molecule has 23 heavy (non-hydrogen) atoms. The molecular formula is C19H20ClNO2. The molecule has 2 aromatic carbocycles. The van der Waals surface area contributed by atoms with Crippen LogP contribution in [-0.2, 0) is 4.79 Å². The zero-order valence-electron chi connectivity index (χ0n) is 13.3. The van der Waals surface area contributed by atoms with Gasteiger partial charge in [0, 0.05) is 11.1 Å². The molecule has 0 fully saturated rings. The van der Waals surface area contributed by atoms with Crippen molar-refractivity contribution < 1.29 is 9.53 Å². The van der Waals surface area contributed by atoms with Crippen LogP contribution in [0, 0.1) is 6.92 Å². The monoisotopic (exact) mass is 329 g/mol. The van der Waals surface area contributed by atoms with Gasteiger partial charge in [-0.2, -0.15) is 0 Å². The molecule has 0 saturated heterocycles. The van der Waals surface area contributed by atoms with Gasteiger partial charge in [0.05, 0.1) is 6.04 Å². The van der Waals surface area contributed by atoms with E-state index in [1.54, 1.807) is 18.2 Å². The number of aryl methyl sites for hydroxylation is 1. The first-order valence-corrected chi connectivity index (χ1v) is 7.85. The lowest BCUT2D eigenvalue weighted by Crippen LogP contribution is -2.35. The first-order chi connectivity index (χ1) is 11.0. The van der Waals surface area contributed by atoms with Crippen molar-refractivity contribution in [2.45, 2.75) is 19.9 Å². The number of rotatable bonds is 6. The van der Waals surface area contributed by atoms with E-state index in [2.05, 4.69) is 5.32 Å². The van der Waals surface area contributed by atoms with E-state index >= 15 is 0 Å². The molecule has 0 heterocycles. The third kappa shape index (κ3) is 5.80. The lowest BCUT2D eigenvalue weighted by Gasteiger charge is -2.15. The normalized spacial score (nSPS) is 12.1. The van der Waals surface area contributed by atoms with Crippen LogP contribution in [0.4, 0.5) is 0 Å². The number of amides is 1. The Bertz CT molecular complexity index is 680. The molecule has 3 nitrogen and oxygen atoms in total. The molecule has 1 atom stereocenters. The molecule has 120 valence electrons. The smallest absolute Gasteiger partial charge is 0.244 e. The molecule has 4 heteroatoms. The Balaban J connectivity index is 1.80. The van der Waals surface area contributed by atoms with Crippen LogP contribution in [0.25, 0.3) is 6.08 Å². The minimum Gasteiger partial charge on any atom is -0.491 e. The summed E-state index contributed by atoms with van der Waals surface area (Å²) in [7, 11) is 0. The van der Waals surface area contributed by atoms with Crippen molar-refractivity contribution in [1.82, 2.24) is 5.32 Å². The molecule has 2 aromatic rings. The second kappa shape index (κ2) is 8.39. The Hall–Kier alpha value is -2.26. The zero-order valence-corrected chi connectivity index (χ0v) is 14.0. The number of para-hydroxylation sites is 1. The molecule has 0 aliphatic rings. The lowest BCUT2D eigenvalue weighted by molar-refractivity contribution is -0.117. The van der Waals surface area contributed by atoms with Gasteiger partial charge in [-0.15, -0.1) is 0 Å². The van der Waals surface area contributed by atoms with Crippen molar-refractivity contribution in [3.8, 4) is 5.75 Å². The summed E-state index contributed by atoms with van der Waals surface area (Å²) in [6.45, 7) is 4.32. The molecular weight excluding hydrogens is 310 g/mol. The number of hydrogen-bond acceptors (Lipinski definition) is 2. The first kappa shape index (κ1) is 17.1. The van der Waals surface area contributed by atoms with E-state index in [4.69, 9.17) is 16.3 Å². The van der Waals surface area contributed by atoms with Crippen molar-refractivity contribution in [2.24, 2.45) is 0 Å². The summed E-state index contributed by atoms with van der Waals surface area (Å²) in [5.41, 5.74) is 2.00. The van der Waals surface area contributed by atoms with Crippen LogP contribution in [0.3, 0.4) is 0 Å². The summed E-state index contributed by atoms with van der Waals surface area (Å²) >= 11 is 5.82. The highest BCUT2D eigenvalue weighted by Crippen LogP contribution is 2.16. The molecule has 0 spiro atoms. The second-order valence-electron chi connectivity index (χ2n) is 5.37. The Kier molecular flexibility index (Phi) is 6.24. The van der Waals surface area contributed by atoms with Crippen LogP contribution < -0.4 is 10.1 Å². The van der Waals surface area contributed by atoms with Gasteiger partial charge in [0.2, 0.25) is 5.91 Å². The number of nitrogens with one attached hydrogen (secondary N) is 1. The number of ether oxygens (including phenoxy) is 1. The van der Waals surface area contributed by atoms with Gasteiger partial charge in [0.15, 0.2) is 0 Å². The number of halogens is 1. The van der Waals surface area contributed by atoms with Gasteiger partial charge >= 0.3 is 0 Å². The van der Waals surface area contributed by atoms with Crippen molar-refractivity contribution in [3.63, 3.8) is 0 Å². The Morgan fingerprint density at radius 1 is 1.22 bits per heavy atom. The van der Waals surface area contributed by atoms with Gasteiger partial charge in [-0.05, 0) is 49.2 Å². The second-order valence-corrected chi connectivity index (χ2v) is 5.81. The number of hydrogen-bond donors (Lipinski definition) is 1. The Morgan fingerprint density at radius 2 is 1.91 bits per heavy atom. The Morgan fingerprint density at radius 3 is 2.61 bits per heavy atom. The molecule has 0 aromatic heterocycles. The highest BCUT2D eigenvalue weighted by molar-refractivity contribution is 6.30. The largest absolute Gasteiger partial charge is 0.491 e. The molecule has 0 aliphatic heterocycles. The van der Waals surface area contributed by atoms with Crippen LogP contribution in [0.2, 0.25) is 5.02 Å². The average Bonchev–Trinajstić information content (AvgIpc) is 2.53. The molecule has 1 N–H and O–H groups in total. The topological polar surface area (TPSA) is 38.3 Å². The van der Waals surface area contributed by atoms with E-state index < -0.39 is 0 Å². The summed E-state index contributed by atoms with van der Waals surface area (Å²) in [5, 5.41) is 3.55. The van der Waals surface area contributed by atoms with Crippen LogP contribution in [0.5, 0.6) is 5.75 Å². The average molecular weight is 330 g/mol. The van der Waals surface area contributed by atoms with Gasteiger partial charge in [0.25, 0.3) is 0 Å². The van der Waals surface area contributed by atoms with Gasteiger partial charge in [-0.1, -0.05) is 41.9 Å². The molecule has 0 radical (unpaired) electrons. The standard InChI is InChI=1S/C19H20ClNO2/c1-14-5-3-4-6-18(14)23-13-15(2)21-19(22)12-9-16-7-10-17(20)11-8-16/h3-12,15H,13H2,1-2H3,(H,21,22)/b12-9+. The predicted octanol–water partition coefficient (Wildman–Crippen LogP) is 4.25. The minimum absolute atomic E-state index is 0.0861. The highest BCUT2D eigenvalue weighted by atomic mass is 35.5. The molecule has 0 aliphatic carbocycles. The number of carbonyl (C=O) groups is 1. The maximum absolute atomic E-state index is 11.9. The Labute approximate surface area is 141 Å². The van der Waals surface area contributed by atoms with E-state index in [0.717, 1.165) is 16.9 Å². The molecule has 0 bridgehead atoms. The van der Waals surface area contributed by atoms with Crippen LogP contribution in [0.1, 0.15) is 18.1 Å². The van der Waals surface area contributed by atoms with E-state index in [9.17, 15) is 4.79 Å². The van der Waals surface area contributed by atoms with Crippen LogP contribution in [0.15, 0.2) is 54.6 Å². The third-order valence-electron chi connectivity index (χ3n) is 3.27. The quantitative estimate of drug-likeness (QED) is 0.805. The van der Waals surface area contributed by atoms with Crippen molar-refractivity contribution in [1.29, 1.82) is 0 Å². The molecule has 2 rings (SSSR count). The molecule has 1 unspecified atom stereocenters. The van der Waals surface area contributed by atoms with Crippen LogP contribution >= 0.6 is 11.6 Å². The summed E-state index contributed by atoms with van der Waals surface area (Å²) in [5.74, 6) is 0.686. The summed E-state index contributed by atoms with van der Waals surface area (Å²) < 4.78 is 5.72. The van der Waals surface area contributed by atoms with Gasteiger partial charge in [-0.3, -0.25) is 4.79 Å². The van der Waals surface area contributed by atoms with E-state index in [0.29, 0.717) is 11.6 Å². The van der Waals surface area contributed by atoms with Crippen molar-refractivity contribution >= 4 is 23.6 Å². The SMILES string of the molecule is Cc1ccccc1OCC(C)NC(=O)/C=C/c1ccc(Cl)cc1. The van der Waals surface area contributed by atoms with Crippen LogP contribution in [-0.4, -0.2) is 18.6 Å². The first-order valence-electron chi connectivity index (χ1n) is 7.47. The van der Waals surface area contributed by atoms with Crippen molar-refractivity contribution in [3.05, 3.63) is 70.8 Å². The fourth-order valence-corrected chi connectivity index (χ4v) is 2.14. The van der Waals surface area contributed by atoms with E-state index in [1.807, 2.05) is 50.2 Å². The maximum atomic E-state index is 11.9. The van der Waals surface area contributed by atoms with Gasteiger partial charge in [-0.25, -0.2) is 0 Å². The molecule has 1 amide bonds. The highest BCUT2D eigenvalue weighted by Gasteiger charge is 2.06. The fraction of sp³-hybridized carbons (Fsp3) is 0.211. The predicted molar refractivity (Wildman–Crippen MR) is 94.8 cm³/mol. The third-order valence-corrected chi connectivity index (χ3v) is 3.52.